The van der Waals surface area contributed by atoms with Gasteiger partial charge in [-0.05, 0) is 18.6 Å². The molecule has 5 nitrogen and oxygen atoms in total. The van der Waals surface area contributed by atoms with Crippen LogP contribution in [0.15, 0.2) is 34.9 Å². The Kier molecular flexibility index (Phi) is 3.28. The zero-order valence-electron chi connectivity index (χ0n) is 11.5. The number of para-hydroxylation sites is 1. The van der Waals surface area contributed by atoms with E-state index in [2.05, 4.69) is 5.16 Å². The number of ether oxygens (including phenoxy) is 1. The van der Waals surface area contributed by atoms with E-state index in [9.17, 15) is 4.79 Å². The number of carbonyl (C=O) groups excluding carboxylic acids is 1. The van der Waals surface area contributed by atoms with Crippen LogP contribution in [0.4, 0.5) is 5.69 Å². The van der Waals surface area contributed by atoms with Gasteiger partial charge < -0.3 is 14.2 Å². The summed E-state index contributed by atoms with van der Waals surface area (Å²) in [7, 11) is 1.67. The van der Waals surface area contributed by atoms with E-state index >= 15 is 0 Å². The Morgan fingerprint density at radius 3 is 2.95 bits per heavy atom. The summed E-state index contributed by atoms with van der Waals surface area (Å²) in [5, 5.41) is 3.77. The zero-order valence-corrected chi connectivity index (χ0v) is 11.5. The third-order valence-electron chi connectivity index (χ3n) is 3.53. The number of fused-ring (bicyclic) bond motifs is 1. The van der Waals surface area contributed by atoms with Crippen LogP contribution in [0.1, 0.15) is 21.8 Å². The largest absolute Gasteiger partial charge is 0.379 e. The molecular formula is C15H16N2O3. The molecule has 1 aromatic carbocycles. The maximum absolute atomic E-state index is 12.6. The van der Waals surface area contributed by atoms with E-state index in [1.165, 1.54) is 0 Å². The lowest BCUT2D eigenvalue weighted by Crippen LogP contribution is -2.43. The van der Waals surface area contributed by atoms with Gasteiger partial charge in [-0.25, -0.2) is 0 Å². The first-order chi connectivity index (χ1) is 9.69. The standard InChI is InChI=1S/C15H16N2O3/c1-10-7-14(20-16-10)15(18)17-9-12(19-2)8-11-5-3-4-6-13(11)17/h3-7,12H,8-9H2,1-2H3/t12-/m1/s1. The van der Waals surface area contributed by atoms with Gasteiger partial charge in [0.25, 0.3) is 5.91 Å². The number of methoxy groups -OCH3 is 1. The molecule has 0 bridgehead atoms. The summed E-state index contributed by atoms with van der Waals surface area (Å²) in [6.45, 7) is 2.31. The highest BCUT2D eigenvalue weighted by Crippen LogP contribution is 2.29. The molecule has 20 heavy (non-hydrogen) atoms. The summed E-state index contributed by atoms with van der Waals surface area (Å²) in [5.74, 6) is 0.0776. The topological polar surface area (TPSA) is 55.6 Å². The molecule has 1 amide bonds. The first kappa shape index (κ1) is 12.9. The van der Waals surface area contributed by atoms with Crippen molar-refractivity contribution in [1.29, 1.82) is 0 Å². The van der Waals surface area contributed by atoms with E-state index in [1.54, 1.807) is 25.0 Å². The van der Waals surface area contributed by atoms with Crippen molar-refractivity contribution in [2.24, 2.45) is 0 Å². The molecule has 0 aliphatic carbocycles. The number of carbonyl (C=O) groups is 1. The Morgan fingerprint density at radius 1 is 1.45 bits per heavy atom. The molecule has 0 unspecified atom stereocenters. The van der Waals surface area contributed by atoms with Gasteiger partial charge in [-0.2, -0.15) is 0 Å². The maximum atomic E-state index is 12.6. The van der Waals surface area contributed by atoms with Crippen LogP contribution >= 0.6 is 0 Å². The molecule has 0 N–H and O–H groups in total. The Balaban J connectivity index is 1.98. The number of anilines is 1. The van der Waals surface area contributed by atoms with E-state index in [0.717, 1.165) is 17.7 Å². The van der Waals surface area contributed by atoms with Crippen molar-refractivity contribution in [2.45, 2.75) is 19.4 Å². The van der Waals surface area contributed by atoms with Crippen molar-refractivity contribution in [2.75, 3.05) is 18.6 Å². The van der Waals surface area contributed by atoms with Gasteiger partial charge in [0.2, 0.25) is 5.76 Å². The minimum absolute atomic E-state index is 0.00197. The molecule has 5 heteroatoms. The average molecular weight is 272 g/mol. The summed E-state index contributed by atoms with van der Waals surface area (Å²) in [6.07, 6.45) is 0.809. The second kappa shape index (κ2) is 5.09. The number of benzene rings is 1. The number of rotatable bonds is 2. The Bertz CT molecular complexity index is 636. The lowest BCUT2D eigenvalue weighted by Gasteiger charge is -2.33. The van der Waals surface area contributed by atoms with Gasteiger partial charge in [0.1, 0.15) is 0 Å². The second-order valence-corrected chi connectivity index (χ2v) is 4.94. The van der Waals surface area contributed by atoms with Crippen molar-refractivity contribution in [3.05, 3.63) is 47.3 Å². The second-order valence-electron chi connectivity index (χ2n) is 4.94. The van der Waals surface area contributed by atoms with Crippen molar-refractivity contribution >= 4 is 11.6 Å². The van der Waals surface area contributed by atoms with Gasteiger partial charge in [0.05, 0.1) is 18.3 Å². The van der Waals surface area contributed by atoms with Crippen molar-refractivity contribution in [3.8, 4) is 0 Å². The van der Waals surface area contributed by atoms with Crippen LogP contribution < -0.4 is 4.90 Å². The predicted molar refractivity (Wildman–Crippen MR) is 73.9 cm³/mol. The number of aromatic nitrogens is 1. The number of amides is 1. The zero-order chi connectivity index (χ0) is 14.1. The number of hydrogen-bond donors (Lipinski definition) is 0. The third kappa shape index (κ3) is 2.20. The summed E-state index contributed by atoms with van der Waals surface area (Å²) in [4.78, 5) is 14.3. The minimum atomic E-state index is -0.181. The smallest absolute Gasteiger partial charge is 0.296 e. The molecule has 0 radical (unpaired) electrons. The fourth-order valence-corrected chi connectivity index (χ4v) is 2.51. The normalized spacial score (nSPS) is 17.9. The fraction of sp³-hybridized carbons (Fsp3) is 0.333. The van der Waals surface area contributed by atoms with Crippen LogP contribution in [0.25, 0.3) is 0 Å². The van der Waals surface area contributed by atoms with E-state index < -0.39 is 0 Å². The summed E-state index contributed by atoms with van der Waals surface area (Å²) in [6, 6.07) is 9.52. The van der Waals surface area contributed by atoms with Crippen LogP contribution in [-0.4, -0.2) is 30.8 Å². The Morgan fingerprint density at radius 2 is 2.25 bits per heavy atom. The van der Waals surface area contributed by atoms with Crippen molar-refractivity contribution < 1.29 is 14.1 Å². The van der Waals surface area contributed by atoms with Gasteiger partial charge in [0.15, 0.2) is 0 Å². The van der Waals surface area contributed by atoms with Crippen LogP contribution in [-0.2, 0) is 11.2 Å². The first-order valence-corrected chi connectivity index (χ1v) is 6.55. The molecule has 1 aromatic heterocycles. The van der Waals surface area contributed by atoms with Crippen LogP contribution in [0.5, 0.6) is 0 Å². The van der Waals surface area contributed by atoms with E-state index in [0.29, 0.717) is 12.2 Å². The molecular weight excluding hydrogens is 256 g/mol. The molecule has 1 aliphatic heterocycles. The number of aryl methyl sites for hydroxylation is 1. The van der Waals surface area contributed by atoms with Gasteiger partial charge in [-0.3, -0.25) is 4.79 Å². The highest BCUT2D eigenvalue weighted by atomic mass is 16.5. The van der Waals surface area contributed by atoms with Crippen LogP contribution in [0.2, 0.25) is 0 Å². The Labute approximate surface area is 117 Å². The number of hydrogen-bond acceptors (Lipinski definition) is 4. The minimum Gasteiger partial charge on any atom is -0.379 e. The Hall–Kier alpha value is -2.14. The molecule has 1 atom stereocenters. The molecule has 104 valence electrons. The van der Waals surface area contributed by atoms with E-state index in [1.807, 2.05) is 24.3 Å². The molecule has 2 aromatic rings. The number of nitrogens with zero attached hydrogens (tertiary/aromatic N) is 2. The predicted octanol–water partition coefficient (Wildman–Crippen LogP) is 2.20. The molecule has 0 saturated carbocycles. The van der Waals surface area contributed by atoms with Crippen LogP contribution in [0, 0.1) is 6.92 Å². The highest BCUT2D eigenvalue weighted by molar-refractivity contribution is 6.05. The van der Waals surface area contributed by atoms with Crippen molar-refractivity contribution in [3.63, 3.8) is 0 Å². The van der Waals surface area contributed by atoms with Crippen LogP contribution in [0.3, 0.4) is 0 Å². The third-order valence-corrected chi connectivity index (χ3v) is 3.53. The quantitative estimate of drug-likeness (QED) is 0.841. The highest BCUT2D eigenvalue weighted by Gasteiger charge is 2.30. The van der Waals surface area contributed by atoms with Gasteiger partial charge in [0, 0.05) is 25.3 Å². The molecule has 0 saturated heterocycles. The van der Waals surface area contributed by atoms with Gasteiger partial charge >= 0.3 is 0 Å². The fourth-order valence-electron chi connectivity index (χ4n) is 2.51. The van der Waals surface area contributed by atoms with Gasteiger partial charge in [-0.15, -0.1) is 0 Å². The summed E-state index contributed by atoms with van der Waals surface area (Å²) >= 11 is 0. The molecule has 3 rings (SSSR count). The lowest BCUT2D eigenvalue weighted by atomic mass is 9.99. The lowest BCUT2D eigenvalue weighted by molar-refractivity contribution is 0.0844. The summed E-state index contributed by atoms with van der Waals surface area (Å²) in [5.41, 5.74) is 2.72. The van der Waals surface area contributed by atoms with E-state index in [-0.39, 0.29) is 17.8 Å². The molecule has 0 spiro atoms. The van der Waals surface area contributed by atoms with E-state index in [4.69, 9.17) is 9.26 Å². The molecule has 0 fully saturated rings. The monoisotopic (exact) mass is 272 g/mol. The molecule has 2 heterocycles. The SMILES string of the molecule is CO[C@@H]1Cc2ccccc2N(C(=O)c2cc(C)no2)C1. The van der Waals surface area contributed by atoms with Gasteiger partial charge in [-0.1, -0.05) is 23.4 Å². The molecule has 1 aliphatic rings. The maximum Gasteiger partial charge on any atom is 0.296 e. The van der Waals surface area contributed by atoms with Crippen molar-refractivity contribution in [1.82, 2.24) is 5.16 Å². The summed E-state index contributed by atoms with van der Waals surface area (Å²) < 4.78 is 10.5. The first-order valence-electron chi connectivity index (χ1n) is 6.55. The average Bonchev–Trinajstić information content (AvgIpc) is 2.92.